The molecule has 21 heavy (non-hydrogen) atoms. The van der Waals surface area contributed by atoms with Crippen LogP contribution in [0, 0.1) is 17.1 Å². The molecule has 0 amide bonds. The number of ketones is 1. The van der Waals surface area contributed by atoms with Crippen LogP contribution in [0.2, 0.25) is 5.02 Å². The minimum Gasteiger partial charge on any atom is -0.481 e. The third kappa shape index (κ3) is 3.39. The van der Waals surface area contributed by atoms with E-state index in [0.29, 0.717) is 10.6 Å². The van der Waals surface area contributed by atoms with Crippen molar-refractivity contribution in [1.29, 1.82) is 5.26 Å². The molecule has 0 saturated heterocycles. The summed E-state index contributed by atoms with van der Waals surface area (Å²) in [7, 11) is 0. The molecule has 2 rings (SSSR count). The number of rotatable bonds is 4. The Bertz CT molecular complexity index is 707. The molecule has 0 N–H and O–H groups in total. The summed E-state index contributed by atoms with van der Waals surface area (Å²) in [5, 5.41) is 9.45. The van der Waals surface area contributed by atoms with Gasteiger partial charge in [0.1, 0.15) is 23.2 Å². The predicted octanol–water partition coefficient (Wildman–Crippen LogP) is 4.00. The maximum atomic E-state index is 13.5. The van der Waals surface area contributed by atoms with Crippen LogP contribution < -0.4 is 4.74 Å². The van der Waals surface area contributed by atoms with Gasteiger partial charge in [-0.2, -0.15) is 5.26 Å². The lowest BCUT2D eigenvalue weighted by Gasteiger charge is -2.15. The SMILES string of the molecule is CC(Oc1cccc(F)c1C#N)C(=O)c1ccc(Cl)cc1. The molecule has 2 aromatic carbocycles. The van der Waals surface area contributed by atoms with Crippen molar-refractivity contribution in [2.24, 2.45) is 0 Å². The van der Waals surface area contributed by atoms with E-state index < -0.39 is 11.9 Å². The lowest BCUT2D eigenvalue weighted by Crippen LogP contribution is -2.24. The number of nitrogens with zero attached hydrogens (tertiary/aromatic N) is 1. The summed E-state index contributed by atoms with van der Waals surface area (Å²) in [5.74, 6) is -0.909. The molecule has 0 radical (unpaired) electrons. The lowest BCUT2D eigenvalue weighted by molar-refractivity contribution is 0.0817. The molecule has 2 aromatic rings. The first-order valence-corrected chi connectivity index (χ1v) is 6.55. The fourth-order valence-corrected chi connectivity index (χ4v) is 1.93. The van der Waals surface area contributed by atoms with Crippen LogP contribution in [0.25, 0.3) is 0 Å². The Kier molecular flexibility index (Phi) is 4.56. The lowest BCUT2D eigenvalue weighted by atomic mass is 10.1. The van der Waals surface area contributed by atoms with Crippen molar-refractivity contribution in [2.45, 2.75) is 13.0 Å². The molecule has 106 valence electrons. The van der Waals surface area contributed by atoms with Crippen molar-refractivity contribution in [3.63, 3.8) is 0 Å². The van der Waals surface area contributed by atoms with Gasteiger partial charge in [-0.15, -0.1) is 0 Å². The molecule has 0 aromatic heterocycles. The van der Waals surface area contributed by atoms with E-state index in [4.69, 9.17) is 21.6 Å². The van der Waals surface area contributed by atoms with Crippen LogP contribution in [0.1, 0.15) is 22.8 Å². The number of hydrogen-bond acceptors (Lipinski definition) is 3. The molecule has 0 spiro atoms. The zero-order valence-corrected chi connectivity index (χ0v) is 11.9. The summed E-state index contributed by atoms with van der Waals surface area (Å²) in [4.78, 5) is 12.2. The summed E-state index contributed by atoms with van der Waals surface area (Å²) in [6.45, 7) is 1.54. The highest BCUT2D eigenvalue weighted by Crippen LogP contribution is 2.22. The summed E-state index contributed by atoms with van der Waals surface area (Å²) in [6, 6.07) is 12.1. The Hall–Kier alpha value is -2.38. The topological polar surface area (TPSA) is 50.1 Å². The number of carbonyl (C=O) groups excluding carboxylic acids is 1. The number of ether oxygens (including phenoxy) is 1. The highest BCUT2D eigenvalue weighted by Gasteiger charge is 2.19. The summed E-state index contributed by atoms with van der Waals surface area (Å²) >= 11 is 5.76. The van der Waals surface area contributed by atoms with E-state index in [1.165, 1.54) is 12.1 Å². The van der Waals surface area contributed by atoms with Gasteiger partial charge in [-0.1, -0.05) is 17.7 Å². The van der Waals surface area contributed by atoms with E-state index >= 15 is 0 Å². The fourth-order valence-electron chi connectivity index (χ4n) is 1.80. The van der Waals surface area contributed by atoms with Gasteiger partial charge in [-0.3, -0.25) is 4.79 Å². The van der Waals surface area contributed by atoms with Crippen LogP contribution in [0.5, 0.6) is 5.75 Å². The normalized spacial score (nSPS) is 11.5. The average molecular weight is 304 g/mol. The van der Waals surface area contributed by atoms with E-state index in [2.05, 4.69) is 0 Å². The van der Waals surface area contributed by atoms with Crippen molar-refractivity contribution >= 4 is 17.4 Å². The van der Waals surface area contributed by atoms with Crippen molar-refractivity contribution in [1.82, 2.24) is 0 Å². The van der Waals surface area contributed by atoms with Gasteiger partial charge in [0.05, 0.1) is 0 Å². The quantitative estimate of drug-likeness (QED) is 0.802. The Morgan fingerprint density at radius 1 is 1.29 bits per heavy atom. The molecule has 0 heterocycles. The van der Waals surface area contributed by atoms with Crippen LogP contribution in [-0.2, 0) is 0 Å². The Morgan fingerprint density at radius 2 is 1.95 bits per heavy atom. The zero-order chi connectivity index (χ0) is 15.4. The monoisotopic (exact) mass is 303 g/mol. The first-order chi connectivity index (χ1) is 10.0. The van der Waals surface area contributed by atoms with Gasteiger partial charge < -0.3 is 4.74 Å². The zero-order valence-electron chi connectivity index (χ0n) is 11.1. The summed E-state index contributed by atoms with van der Waals surface area (Å²) < 4.78 is 18.9. The van der Waals surface area contributed by atoms with E-state index in [-0.39, 0.29) is 17.1 Å². The minimum absolute atomic E-state index is 0.0484. The van der Waals surface area contributed by atoms with E-state index in [1.807, 2.05) is 0 Å². The molecule has 1 atom stereocenters. The summed E-state index contributed by atoms with van der Waals surface area (Å²) in [5.41, 5.74) is 0.218. The van der Waals surface area contributed by atoms with Crippen LogP contribution in [0.4, 0.5) is 4.39 Å². The Morgan fingerprint density at radius 3 is 2.57 bits per heavy atom. The van der Waals surface area contributed by atoms with Gasteiger partial charge in [0.15, 0.2) is 6.10 Å². The largest absolute Gasteiger partial charge is 0.481 e. The molecule has 0 aliphatic rings. The number of nitriles is 1. The molecular formula is C16H11ClFNO2. The predicted molar refractivity (Wildman–Crippen MR) is 77.0 cm³/mol. The maximum absolute atomic E-state index is 13.5. The third-order valence-corrected chi connectivity index (χ3v) is 3.14. The first kappa shape index (κ1) is 15.0. The third-order valence-electron chi connectivity index (χ3n) is 2.89. The summed E-state index contributed by atoms with van der Waals surface area (Å²) in [6.07, 6.45) is -0.847. The number of halogens is 2. The highest BCUT2D eigenvalue weighted by atomic mass is 35.5. The number of hydrogen-bond donors (Lipinski definition) is 0. The molecule has 0 saturated carbocycles. The van der Waals surface area contributed by atoms with Crippen molar-refractivity contribution in [3.05, 3.63) is 64.4 Å². The number of carbonyl (C=O) groups is 1. The average Bonchev–Trinajstić information content (AvgIpc) is 2.47. The molecular weight excluding hydrogens is 293 g/mol. The van der Waals surface area contributed by atoms with Crippen LogP contribution in [0.3, 0.4) is 0 Å². The van der Waals surface area contributed by atoms with Gasteiger partial charge in [-0.25, -0.2) is 4.39 Å². The first-order valence-electron chi connectivity index (χ1n) is 6.18. The van der Waals surface area contributed by atoms with Gasteiger partial charge in [0.2, 0.25) is 5.78 Å². The molecule has 0 aliphatic heterocycles. The molecule has 0 fully saturated rings. The Balaban J connectivity index is 2.20. The van der Waals surface area contributed by atoms with Crippen molar-refractivity contribution < 1.29 is 13.9 Å². The molecule has 3 nitrogen and oxygen atoms in total. The second-order valence-corrected chi connectivity index (χ2v) is 4.79. The van der Waals surface area contributed by atoms with Crippen LogP contribution in [0.15, 0.2) is 42.5 Å². The molecule has 5 heteroatoms. The second kappa shape index (κ2) is 6.38. The van der Waals surface area contributed by atoms with Crippen LogP contribution in [-0.4, -0.2) is 11.9 Å². The second-order valence-electron chi connectivity index (χ2n) is 4.36. The van der Waals surface area contributed by atoms with E-state index in [1.54, 1.807) is 37.3 Å². The van der Waals surface area contributed by atoms with Gasteiger partial charge in [-0.05, 0) is 43.3 Å². The van der Waals surface area contributed by atoms with Gasteiger partial charge in [0, 0.05) is 10.6 Å². The number of benzene rings is 2. The van der Waals surface area contributed by atoms with Gasteiger partial charge >= 0.3 is 0 Å². The molecule has 1 unspecified atom stereocenters. The Labute approximate surface area is 126 Å². The standard InChI is InChI=1S/C16H11ClFNO2/c1-10(16(20)11-5-7-12(17)8-6-11)21-15-4-2-3-14(18)13(15)9-19/h2-8,10H,1H3. The van der Waals surface area contributed by atoms with Crippen molar-refractivity contribution in [2.75, 3.05) is 0 Å². The smallest absolute Gasteiger partial charge is 0.202 e. The van der Waals surface area contributed by atoms with Gasteiger partial charge in [0.25, 0.3) is 0 Å². The molecule has 0 bridgehead atoms. The maximum Gasteiger partial charge on any atom is 0.202 e. The van der Waals surface area contributed by atoms with E-state index in [0.717, 1.165) is 6.07 Å². The van der Waals surface area contributed by atoms with Crippen LogP contribution >= 0.6 is 11.6 Å². The minimum atomic E-state index is -0.847. The highest BCUT2D eigenvalue weighted by molar-refractivity contribution is 6.30. The van der Waals surface area contributed by atoms with Crippen molar-refractivity contribution in [3.8, 4) is 11.8 Å². The fraction of sp³-hybridized carbons (Fsp3) is 0.125. The van der Waals surface area contributed by atoms with E-state index in [9.17, 15) is 9.18 Å². The molecule has 0 aliphatic carbocycles. The number of Topliss-reactive ketones (excluding diaryl/α,β-unsaturated/α-hetero) is 1.